The third kappa shape index (κ3) is 2.87. The van der Waals surface area contributed by atoms with E-state index in [1.807, 2.05) is 13.0 Å². The van der Waals surface area contributed by atoms with E-state index in [2.05, 4.69) is 12.7 Å². The first-order chi connectivity index (χ1) is 5.33. The summed E-state index contributed by atoms with van der Waals surface area (Å²) in [7, 11) is 0. The molecule has 1 rings (SSSR count). The summed E-state index contributed by atoms with van der Waals surface area (Å²) in [4.78, 5) is 0. The molecule has 0 amide bonds. The van der Waals surface area contributed by atoms with Gasteiger partial charge in [0.1, 0.15) is 0 Å². The lowest BCUT2D eigenvalue weighted by Crippen LogP contribution is -2.23. The first kappa shape index (κ1) is 8.50. The molecule has 0 aromatic rings. The number of hydrogen-bond acceptors (Lipinski definition) is 2. The smallest absolute Gasteiger partial charge is 0.162 e. The highest BCUT2D eigenvalue weighted by Gasteiger charge is 2.11. The minimum Gasteiger partial charge on any atom is -0.348 e. The average Bonchev–Trinajstić information content (AvgIpc) is 2.06. The first-order valence-corrected chi connectivity index (χ1v) is 3.87. The molecule has 2 heteroatoms. The molecule has 62 valence electrons. The maximum absolute atomic E-state index is 5.45. The highest BCUT2D eigenvalue weighted by molar-refractivity contribution is 4.87. The van der Waals surface area contributed by atoms with Crippen LogP contribution in [-0.2, 0) is 9.47 Å². The van der Waals surface area contributed by atoms with Gasteiger partial charge in [-0.15, -0.1) is 6.58 Å². The minimum atomic E-state index is -0.0759. The van der Waals surface area contributed by atoms with E-state index in [0.717, 1.165) is 6.42 Å². The molecule has 0 fully saturated rings. The van der Waals surface area contributed by atoms with E-state index >= 15 is 0 Å². The lowest BCUT2D eigenvalue weighted by molar-refractivity contribution is -0.151. The lowest BCUT2D eigenvalue weighted by atomic mass is 10.3. The SMILES string of the molecule is C=CC(C)OC1CC=CCO1. The Kier molecular flexibility index (Phi) is 3.33. The van der Waals surface area contributed by atoms with Crippen LogP contribution in [0.25, 0.3) is 0 Å². The molecule has 0 saturated heterocycles. The van der Waals surface area contributed by atoms with Gasteiger partial charge >= 0.3 is 0 Å². The fourth-order valence-electron chi connectivity index (χ4n) is 0.896. The summed E-state index contributed by atoms with van der Waals surface area (Å²) >= 11 is 0. The van der Waals surface area contributed by atoms with Gasteiger partial charge in [0, 0.05) is 6.42 Å². The summed E-state index contributed by atoms with van der Waals surface area (Å²) in [5.41, 5.74) is 0. The Morgan fingerprint density at radius 2 is 2.55 bits per heavy atom. The van der Waals surface area contributed by atoms with Crippen molar-refractivity contribution < 1.29 is 9.47 Å². The summed E-state index contributed by atoms with van der Waals surface area (Å²) < 4.78 is 10.7. The highest BCUT2D eigenvalue weighted by atomic mass is 16.7. The van der Waals surface area contributed by atoms with E-state index in [0.29, 0.717) is 6.61 Å². The summed E-state index contributed by atoms with van der Waals surface area (Å²) in [6.07, 6.45) is 6.68. The molecule has 0 aromatic carbocycles. The van der Waals surface area contributed by atoms with Crippen molar-refractivity contribution in [3.63, 3.8) is 0 Å². The van der Waals surface area contributed by atoms with Crippen LogP contribution in [-0.4, -0.2) is 19.0 Å². The van der Waals surface area contributed by atoms with Crippen LogP contribution in [0.1, 0.15) is 13.3 Å². The Hall–Kier alpha value is -0.600. The molecule has 0 saturated carbocycles. The van der Waals surface area contributed by atoms with Crippen LogP contribution in [0.15, 0.2) is 24.8 Å². The number of ether oxygens (including phenoxy) is 2. The summed E-state index contributed by atoms with van der Waals surface area (Å²) in [5.74, 6) is 0. The Balaban J connectivity index is 2.25. The molecule has 1 aliphatic heterocycles. The van der Waals surface area contributed by atoms with Crippen LogP contribution in [0, 0.1) is 0 Å². The van der Waals surface area contributed by atoms with Crippen LogP contribution in [0.3, 0.4) is 0 Å². The molecular formula is C9H14O2. The Morgan fingerprint density at radius 3 is 3.09 bits per heavy atom. The Morgan fingerprint density at radius 1 is 1.73 bits per heavy atom. The third-order valence-electron chi connectivity index (χ3n) is 1.57. The molecule has 0 bridgehead atoms. The lowest BCUT2D eigenvalue weighted by Gasteiger charge is -2.21. The van der Waals surface area contributed by atoms with Crippen molar-refractivity contribution in [2.45, 2.75) is 25.7 Å². The van der Waals surface area contributed by atoms with Crippen molar-refractivity contribution in [2.75, 3.05) is 6.61 Å². The number of rotatable bonds is 3. The van der Waals surface area contributed by atoms with Gasteiger partial charge in [-0.25, -0.2) is 0 Å². The van der Waals surface area contributed by atoms with Crippen LogP contribution in [0.4, 0.5) is 0 Å². The van der Waals surface area contributed by atoms with Gasteiger partial charge in [0.2, 0.25) is 0 Å². The molecule has 0 spiro atoms. The molecule has 2 unspecified atom stereocenters. The van der Waals surface area contributed by atoms with Gasteiger partial charge in [-0.1, -0.05) is 18.2 Å². The van der Waals surface area contributed by atoms with Crippen LogP contribution in [0.2, 0.25) is 0 Å². The van der Waals surface area contributed by atoms with Crippen molar-refractivity contribution >= 4 is 0 Å². The largest absolute Gasteiger partial charge is 0.348 e. The number of hydrogen-bond donors (Lipinski definition) is 0. The zero-order valence-electron chi connectivity index (χ0n) is 6.82. The van der Waals surface area contributed by atoms with Gasteiger partial charge in [-0.2, -0.15) is 0 Å². The van der Waals surface area contributed by atoms with Crippen LogP contribution >= 0.6 is 0 Å². The fourth-order valence-corrected chi connectivity index (χ4v) is 0.896. The van der Waals surface area contributed by atoms with E-state index in [1.54, 1.807) is 6.08 Å². The monoisotopic (exact) mass is 154 g/mol. The Labute approximate surface area is 67.5 Å². The predicted molar refractivity (Wildman–Crippen MR) is 44.2 cm³/mol. The quantitative estimate of drug-likeness (QED) is 0.578. The maximum atomic E-state index is 5.45. The van der Waals surface area contributed by atoms with Crippen LogP contribution in [0.5, 0.6) is 0 Å². The topological polar surface area (TPSA) is 18.5 Å². The van der Waals surface area contributed by atoms with E-state index in [9.17, 15) is 0 Å². The van der Waals surface area contributed by atoms with Gasteiger partial charge in [-0.3, -0.25) is 0 Å². The zero-order chi connectivity index (χ0) is 8.10. The van der Waals surface area contributed by atoms with Crippen molar-refractivity contribution in [1.29, 1.82) is 0 Å². The molecule has 2 nitrogen and oxygen atoms in total. The van der Waals surface area contributed by atoms with E-state index in [4.69, 9.17) is 9.47 Å². The molecule has 0 radical (unpaired) electrons. The van der Waals surface area contributed by atoms with E-state index < -0.39 is 0 Å². The van der Waals surface area contributed by atoms with Gasteiger partial charge in [0.05, 0.1) is 12.7 Å². The summed E-state index contributed by atoms with van der Waals surface area (Å²) in [6, 6.07) is 0. The van der Waals surface area contributed by atoms with E-state index in [-0.39, 0.29) is 12.4 Å². The fraction of sp³-hybridized carbons (Fsp3) is 0.556. The molecule has 0 aliphatic carbocycles. The molecule has 11 heavy (non-hydrogen) atoms. The Bertz CT molecular complexity index is 152. The highest BCUT2D eigenvalue weighted by Crippen LogP contribution is 2.10. The van der Waals surface area contributed by atoms with Gasteiger partial charge in [0.25, 0.3) is 0 Å². The summed E-state index contributed by atoms with van der Waals surface area (Å²) in [5, 5.41) is 0. The van der Waals surface area contributed by atoms with Gasteiger partial charge in [-0.05, 0) is 6.92 Å². The van der Waals surface area contributed by atoms with Gasteiger partial charge < -0.3 is 9.47 Å². The molecule has 2 atom stereocenters. The molecular weight excluding hydrogens is 140 g/mol. The predicted octanol–water partition coefficient (Wildman–Crippen LogP) is 1.88. The van der Waals surface area contributed by atoms with Crippen molar-refractivity contribution in [3.05, 3.63) is 24.8 Å². The van der Waals surface area contributed by atoms with Gasteiger partial charge in [0.15, 0.2) is 6.29 Å². The second-order valence-electron chi connectivity index (χ2n) is 2.55. The van der Waals surface area contributed by atoms with Crippen molar-refractivity contribution in [1.82, 2.24) is 0 Å². The third-order valence-corrected chi connectivity index (χ3v) is 1.57. The molecule has 1 aliphatic rings. The van der Waals surface area contributed by atoms with Crippen LogP contribution < -0.4 is 0 Å². The normalized spacial score (nSPS) is 26.5. The zero-order valence-corrected chi connectivity index (χ0v) is 6.82. The van der Waals surface area contributed by atoms with Crippen molar-refractivity contribution in [3.8, 4) is 0 Å². The second-order valence-corrected chi connectivity index (χ2v) is 2.55. The summed E-state index contributed by atoms with van der Waals surface area (Å²) in [6.45, 7) is 6.24. The molecule has 0 aromatic heterocycles. The molecule has 1 heterocycles. The van der Waals surface area contributed by atoms with E-state index in [1.165, 1.54) is 0 Å². The molecule has 0 N–H and O–H groups in total. The second kappa shape index (κ2) is 4.31. The maximum Gasteiger partial charge on any atom is 0.162 e. The average molecular weight is 154 g/mol. The first-order valence-electron chi connectivity index (χ1n) is 3.87. The van der Waals surface area contributed by atoms with Crippen molar-refractivity contribution in [2.24, 2.45) is 0 Å². The standard InChI is InChI=1S/C9H14O2/c1-3-8(2)11-9-6-4-5-7-10-9/h3-5,8-9H,1,6-7H2,2H3. The minimum absolute atomic E-state index is 0.0755.